The molecule has 1 atom stereocenters. The molecule has 3 aromatic rings. The summed E-state index contributed by atoms with van der Waals surface area (Å²) in [7, 11) is 1.46. The maximum Gasteiger partial charge on any atom is 0.357 e. The predicted molar refractivity (Wildman–Crippen MR) is 115 cm³/mol. The van der Waals surface area contributed by atoms with Crippen molar-refractivity contribution in [1.29, 1.82) is 0 Å². The monoisotopic (exact) mass is 490 g/mol. The molecule has 154 valence electrons. The maximum absolute atomic E-state index is 12.8. The average molecular weight is 492 g/mol. The number of carboxylic acid groups (broad SMARTS) is 1. The third-order valence-electron chi connectivity index (χ3n) is 4.26. The first-order chi connectivity index (χ1) is 14.3. The van der Waals surface area contributed by atoms with E-state index in [1.54, 1.807) is 48.5 Å². The number of hydrogen-bond donors (Lipinski definition) is 3. The second-order valence-corrected chi connectivity index (χ2v) is 7.32. The normalized spacial score (nSPS) is 11.6. The van der Waals surface area contributed by atoms with Gasteiger partial charge in [0.25, 0.3) is 5.91 Å². The number of carbonyl (C=O) groups excluding carboxylic acids is 2. The lowest BCUT2D eigenvalue weighted by molar-refractivity contribution is -0.122. The summed E-state index contributed by atoms with van der Waals surface area (Å²) in [5.74, 6) is -2.34. The second kappa shape index (κ2) is 9.10. The van der Waals surface area contributed by atoms with Gasteiger partial charge >= 0.3 is 5.97 Å². The quantitative estimate of drug-likeness (QED) is 0.488. The standard InChI is InChI=1S/C20H16BrClN4O4/c1-23-19(28)16(11-7-3-2-4-8-11)26-17(14(21)15(25-26)20(29)30)24-18(27)12-9-5-6-10-13(12)22/h2-10,16H,1H3,(H,23,28)(H,24,27)(H,29,30). The summed E-state index contributed by atoms with van der Waals surface area (Å²) in [5.41, 5.74) is 0.387. The van der Waals surface area contributed by atoms with Gasteiger partial charge in [-0.15, -0.1) is 0 Å². The molecule has 1 unspecified atom stereocenters. The number of benzene rings is 2. The Morgan fingerprint density at radius 3 is 2.33 bits per heavy atom. The third kappa shape index (κ3) is 4.22. The summed E-state index contributed by atoms with van der Waals surface area (Å²) in [6.07, 6.45) is 0. The van der Waals surface area contributed by atoms with Crippen molar-refractivity contribution in [3.05, 3.63) is 80.9 Å². The van der Waals surface area contributed by atoms with Crippen LogP contribution in [0.1, 0.15) is 32.5 Å². The molecule has 2 amide bonds. The van der Waals surface area contributed by atoms with Gasteiger partial charge in [-0.25, -0.2) is 9.48 Å². The first-order valence-electron chi connectivity index (χ1n) is 8.68. The molecule has 0 radical (unpaired) electrons. The number of anilines is 1. The topological polar surface area (TPSA) is 113 Å². The van der Waals surface area contributed by atoms with Crippen molar-refractivity contribution in [3.8, 4) is 0 Å². The minimum Gasteiger partial charge on any atom is -0.476 e. The fourth-order valence-electron chi connectivity index (χ4n) is 2.85. The molecular formula is C20H16BrClN4O4. The number of nitrogens with zero attached hydrogens (tertiary/aromatic N) is 2. The fourth-order valence-corrected chi connectivity index (χ4v) is 3.60. The number of amides is 2. The molecule has 0 aliphatic carbocycles. The van der Waals surface area contributed by atoms with Crippen molar-refractivity contribution in [3.63, 3.8) is 0 Å². The highest BCUT2D eigenvalue weighted by Gasteiger charge is 2.31. The molecule has 0 aliphatic heterocycles. The van der Waals surface area contributed by atoms with Crippen LogP contribution in [0.4, 0.5) is 5.82 Å². The summed E-state index contributed by atoms with van der Waals surface area (Å²) < 4.78 is 1.19. The Morgan fingerprint density at radius 2 is 1.73 bits per heavy atom. The molecule has 8 nitrogen and oxygen atoms in total. The molecule has 10 heteroatoms. The van der Waals surface area contributed by atoms with E-state index in [4.69, 9.17) is 11.6 Å². The molecule has 2 aromatic carbocycles. The minimum atomic E-state index is -1.32. The number of carboxylic acids is 1. The van der Waals surface area contributed by atoms with Crippen LogP contribution >= 0.6 is 27.5 Å². The highest BCUT2D eigenvalue weighted by Crippen LogP contribution is 2.32. The van der Waals surface area contributed by atoms with Gasteiger partial charge in [-0.05, 0) is 33.6 Å². The lowest BCUT2D eigenvalue weighted by atomic mass is 10.1. The van der Waals surface area contributed by atoms with Gasteiger partial charge in [0.05, 0.1) is 15.1 Å². The van der Waals surface area contributed by atoms with Crippen molar-refractivity contribution < 1.29 is 19.5 Å². The SMILES string of the molecule is CNC(=O)C(c1ccccc1)n1nc(C(=O)O)c(Br)c1NC(=O)c1ccccc1Cl. The van der Waals surface area contributed by atoms with Crippen molar-refractivity contribution >= 4 is 51.1 Å². The Balaban J connectivity index is 2.15. The summed E-state index contributed by atoms with van der Waals surface area (Å²) in [6.45, 7) is 0. The summed E-state index contributed by atoms with van der Waals surface area (Å²) >= 11 is 9.29. The van der Waals surface area contributed by atoms with E-state index in [1.807, 2.05) is 0 Å². The first kappa shape index (κ1) is 21.5. The fraction of sp³-hybridized carbons (Fsp3) is 0.100. The third-order valence-corrected chi connectivity index (χ3v) is 5.34. The number of hydrogen-bond acceptors (Lipinski definition) is 4. The summed E-state index contributed by atoms with van der Waals surface area (Å²) in [6, 6.07) is 14.1. The van der Waals surface area contributed by atoms with Crippen molar-refractivity contribution in [2.24, 2.45) is 0 Å². The summed E-state index contributed by atoms with van der Waals surface area (Å²) in [4.78, 5) is 37.2. The van der Waals surface area contributed by atoms with Gasteiger partial charge in [-0.2, -0.15) is 5.10 Å². The first-order valence-corrected chi connectivity index (χ1v) is 9.86. The minimum absolute atomic E-state index is 0.00905. The van der Waals surface area contributed by atoms with E-state index in [-0.39, 0.29) is 26.6 Å². The Bertz CT molecular complexity index is 1120. The van der Waals surface area contributed by atoms with Crippen LogP contribution in [0.3, 0.4) is 0 Å². The molecular weight excluding hydrogens is 476 g/mol. The van der Waals surface area contributed by atoms with Gasteiger partial charge in [-0.3, -0.25) is 9.59 Å². The molecule has 30 heavy (non-hydrogen) atoms. The molecule has 0 saturated carbocycles. The molecule has 3 rings (SSSR count). The number of aromatic carboxylic acids is 1. The number of carbonyl (C=O) groups is 3. The van der Waals surface area contributed by atoms with E-state index in [0.717, 1.165) is 4.68 Å². The lowest BCUT2D eigenvalue weighted by Gasteiger charge is -2.19. The zero-order chi connectivity index (χ0) is 21.8. The molecule has 1 aromatic heterocycles. The zero-order valence-corrected chi connectivity index (χ0v) is 17.9. The van der Waals surface area contributed by atoms with E-state index < -0.39 is 23.8 Å². The molecule has 0 aliphatic rings. The lowest BCUT2D eigenvalue weighted by Crippen LogP contribution is -2.32. The largest absolute Gasteiger partial charge is 0.476 e. The van der Waals surface area contributed by atoms with Crippen LogP contribution in [-0.4, -0.2) is 39.7 Å². The second-order valence-electron chi connectivity index (χ2n) is 6.12. The molecule has 0 saturated heterocycles. The van der Waals surface area contributed by atoms with Gasteiger partial charge in [0, 0.05) is 7.05 Å². The number of likely N-dealkylation sites (N-methyl/N-ethyl adjacent to an activating group) is 1. The van der Waals surface area contributed by atoms with Gasteiger partial charge in [0.2, 0.25) is 5.91 Å². The highest BCUT2D eigenvalue weighted by atomic mass is 79.9. The van der Waals surface area contributed by atoms with Crippen LogP contribution in [-0.2, 0) is 4.79 Å². The predicted octanol–water partition coefficient (Wildman–Crippen LogP) is 3.58. The van der Waals surface area contributed by atoms with Crippen molar-refractivity contribution in [2.75, 3.05) is 12.4 Å². The average Bonchev–Trinajstić information content (AvgIpc) is 3.05. The highest BCUT2D eigenvalue weighted by molar-refractivity contribution is 9.10. The zero-order valence-electron chi connectivity index (χ0n) is 15.6. The Morgan fingerprint density at radius 1 is 1.10 bits per heavy atom. The van der Waals surface area contributed by atoms with Gasteiger partial charge in [-0.1, -0.05) is 54.1 Å². The Hall–Kier alpha value is -3.17. The molecule has 0 bridgehead atoms. The maximum atomic E-state index is 12.8. The molecule has 3 N–H and O–H groups in total. The number of rotatable bonds is 6. The van der Waals surface area contributed by atoms with Crippen LogP contribution in [0.25, 0.3) is 0 Å². The van der Waals surface area contributed by atoms with Crippen LogP contribution < -0.4 is 10.6 Å². The number of nitrogens with one attached hydrogen (secondary N) is 2. The van der Waals surface area contributed by atoms with Crippen LogP contribution in [0.15, 0.2) is 59.1 Å². The van der Waals surface area contributed by atoms with Gasteiger partial charge in [0.1, 0.15) is 5.82 Å². The van der Waals surface area contributed by atoms with E-state index >= 15 is 0 Å². The van der Waals surface area contributed by atoms with E-state index in [9.17, 15) is 19.5 Å². The Labute approximate surface area is 185 Å². The molecule has 1 heterocycles. The van der Waals surface area contributed by atoms with E-state index in [1.165, 1.54) is 13.1 Å². The van der Waals surface area contributed by atoms with Crippen LogP contribution in [0.2, 0.25) is 5.02 Å². The molecule has 0 fully saturated rings. The number of halogens is 2. The Kier molecular flexibility index (Phi) is 6.53. The van der Waals surface area contributed by atoms with Crippen molar-refractivity contribution in [2.45, 2.75) is 6.04 Å². The van der Waals surface area contributed by atoms with Gasteiger partial charge < -0.3 is 15.7 Å². The van der Waals surface area contributed by atoms with Crippen LogP contribution in [0, 0.1) is 0 Å². The van der Waals surface area contributed by atoms with E-state index in [2.05, 4.69) is 31.7 Å². The smallest absolute Gasteiger partial charge is 0.357 e. The number of aromatic nitrogens is 2. The van der Waals surface area contributed by atoms with Crippen LogP contribution in [0.5, 0.6) is 0 Å². The summed E-state index contributed by atoms with van der Waals surface area (Å²) in [5, 5.41) is 19.0. The van der Waals surface area contributed by atoms with Crippen molar-refractivity contribution in [1.82, 2.24) is 15.1 Å². The van der Waals surface area contributed by atoms with Gasteiger partial charge in [0.15, 0.2) is 11.7 Å². The van der Waals surface area contributed by atoms with E-state index in [0.29, 0.717) is 5.56 Å². The molecule has 0 spiro atoms.